The van der Waals surface area contributed by atoms with Gasteiger partial charge in [0.25, 0.3) is 0 Å². The molecule has 0 unspecified atom stereocenters. The van der Waals surface area contributed by atoms with Crippen molar-refractivity contribution in [1.82, 2.24) is 5.32 Å². The molecule has 0 aliphatic carbocycles. The van der Waals surface area contributed by atoms with E-state index in [2.05, 4.69) is 18.5 Å². The predicted octanol–water partition coefficient (Wildman–Crippen LogP) is 2.71. The van der Waals surface area contributed by atoms with Gasteiger partial charge in [0.05, 0.1) is 5.70 Å². The molecule has 2 heteroatoms. The summed E-state index contributed by atoms with van der Waals surface area (Å²) in [5.41, 5.74) is 1.87. The summed E-state index contributed by atoms with van der Waals surface area (Å²) in [7, 11) is 0. The minimum absolute atomic E-state index is 0.0365. The van der Waals surface area contributed by atoms with Gasteiger partial charge in [-0.3, -0.25) is 4.79 Å². The fourth-order valence-electron chi connectivity index (χ4n) is 1.11. The summed E-state index contributed by atoms with van der Waals surface area (Å²) < 4.78 is 0. The standard InChI is InChI=1S/C10H11NO.C2H6/c1-4-6-9-8(5-2)10(12)7(3)11-9;1-2/h4-6,11H,1,3H2,2H3;1-2H3/b8-5+,9-6+;. The van der Waals surface area contributed by atoms with Crippen molar-refractivity contribution in [1.29, 1.82) is 0 Å². The van der Waals surface area contributed by atoms with Gasteiger partial charge in [-0.25, -0.2) is 0 Å². The Morgan fingerprint density at radius 1 is 1.36 bits per heavy atom. The Morgan fingerprint density at radius 2 is 1.93 bits per heavy atom. The summed E-state index contributed by atoms with van der Waals surface area (Å²) in [6, 6.07) is 0. The number of rotatable bonds is 1. The van der Waals surface area contributed by atoms with E-state index in [-0.39, 0.29) is 5.78 Å². The van der Waals surface area contributed by atoms with E-state index in [9.17, 15) is 4.79 Å². The second kappa shape index (κ2) is 5.97. The van der Waals surface area contributed by atoms with Crippen LogP contribution in [0, 0.1) is 0 Å². The van der Waals surface area contributed by atoms with Crippen molar-refractivity contribution in [2.24, 2.45) is 0 Å². The molecule has 76 valence electrons. The molecule has 2 nitrogen and oxygen atoms in total. The lowest BCUT2D eigenvalue weighted by Gasteiger charge is -1.94. The normalized spacial score (nSPS) is 20.5. The van der Waals surface area contributed by atoms with Crippen molar-refractivity contribution in [3.05, 3.63) is 48.4 Å². The van der Waals surface area contributed by atoms with E-state index in [4.69, 9.17) is 0 Å². The first kappa shape index (κ1) is 12.4. The average Bonchev–Trinajstić information content (AvgIpc) is 2.46. The van der Waals surface area contributed by atoms with Crippen molar-refractivity contribution >= 4 is 5.78 Å². The van der Waals surface area contributed by atoms with Crippen LogP contribution in [0.3, 0.4) is 0 Å². The van der Waals surface area contributed by atoms with Crippen LogP contribution in [0.5, 0.6) is 0 Å². The maximum atomic E-state index is 11.3. The van der Waals surface area contributed by atoms with Gasteiger partial charge < -0.3 is 5.32 Å². The second-order valence-corrected chi connectivity index (χ2v) is 2.45. The third kappa shape index (κ3) is 2.46. The van der Waals surface area contributed by atoms with Gasteiger partial charge in [-0.2, -0.15) is 0 Å². The van der Waals surface area contributed by atoms with Gasteiger partial charge in [0, 0.05) is 11.3 Å². The molecule has 0 aromatic carbocycles. The Bertz CT molecular complexity index is 308. The molecule has 0 aromatic rings. The van der Waals surface area contributed by atoms with Crippen LogP contribution in [0.2, 0.25) is 0 Å². The Kier molecular flexibility index (Phi) is 5.30. The number of Topliss-reactive ketones (excluding diaryl/α,β-unsaturated/α-hetero) is 1. The van der Waals surface area contributed by atoms with Crippen LogP contribution in [0.4, 0.5) is 0 Å². The molecule has 1 fully saturated rings. The zero-order chi connectivity index (χ0) is 11.1. The first-order valence-corrected chi connectivity index (χ1v) is 4.70. The minimum atomic E-state index is -0.0365. The van der Waals surface area contributed by atoms with Crippen LogP contribution >= 0.6 is 0 Å². The lowest BCUT2D eigenvalue weighted by molar-refractivity contribution is -0.111. The molecule has 1 heterocycles. The van der Waals surface area contributed by atoms with Crippen LogP contribution < -0.4 is 5.32 Å². The quantitative estimate of drug-likeness (QED) is 0.646. The summed E-state index contributed by atoms with van der Waals surface area (Å²) in [4.78, 5) is 11.3. The van der Waals surface area contributed by atoms with Crippen molar-refractivity contribution in [3.63, 3.8) is 0 Å². The largest absolute Gasteiger partial charge is 0.352 e. The number of nitrogens with one attached hydrogen (secondary N) is 1. The molecule has 1 N–H and O–H groups in total. The van der Waals surface area contributed by atoms with Gasteiger partial charge >= 0.3 is 0 Å². The number of hydrogen-bond acceptors (Lipinski definition) is 2. The van der Waals surface area contributed by atoms with Crippen LogP contribution in [0.25, 0.3) is 0 Å². The fourth-order valence-corrected chi connectivity index (χ4v) is 1.11. The zero-order valence-electron chi connectivity index (χ0n) is 9.05. The van der Waals surface area contributed by atoms with Crippen LogP contribution in [-0.4, -0.2) is 5.78 Å². The van der Waals surface area contributed by atoms with Crippen molar-refractivity contribution in [2.75, 3.05) is 0 Å². The molecule has 0 radical (unpaired) electrons. The Balaban J connectivity index is 0.000000791. The van der Waals surface area contributed by atoms with Gasteiger partial charge in [-0.15, -0.1) is 0 Å². The van der Waals surface area contributed by atoms with Gasteiger partial charge in [0.1, 0.15) is 0 Å². The highest BCUT2D eigenvalue weighted by Gasteiger charge is 2.24. The third-order valence-corrected chi connectivity index (χ3v) is 1.67. The molecular formula is C12H17NO. The Labute approximate surface area is 85.7 Å². The van der Waals surface area contributed by atoms with Gasteiger partial charge in [0.15, 0.2) is 0 Å². The van der Waals surface area contributed by atoms with E-state index in [1.54, 1.807) is 18.2 Å². The maximum absolute atomic E-state index is 11.3. The molecule has 0 saturated carbocycles. The Morgan fingerprint density at radius 3 is 2.36 bits per heavy atom. The monoisotopic (exact) mass is 191 g/mol. The first-order chi connectivity index (χ1) is 6.70. The van der Waals surface area contributed by atoms with Crippen molar-refractivity contribution in [2.45, 2.75) is 20.8 Å². The van der Waals surface area contributed by atoms with Crippen LogP contribution in [0.1, 0.15) is 20.8 Å². The average molecular weight is 191 g/mol. The zero-order valence-corrected chi connectivity index (χ0v) is 9.05. The van der Waals surface area contributed by atoms with Gasteiger partial charge in [-0.1, -0.05) is 39.2 Å². The van der Waals surface area contributed by atoms with E-state index < -0.39 is 0 Å². The Hall–Kier alpha value is -1.57. The smallest absolute Gasteiger partial charge is 0.210 e. The summed E-state index contributed by atoms with van der Waals surface area (Å²) in [6.45, 7) is 13.0. The molecule has 1 aliphatic rings. The van der Waals surface area contributed by atoms with Crippen LogP contribution in [-0.2, 0) is 4.79 Å². The number of carbonyl (C=O) groups is 1. The molecule has 0 atom stereocenters. The van der Waals surface area contributed by atoms with E-state index >= 15 is 0 Å². The molecule has 0 bridgehead atoms. The van der Waals surface area contributed by atoms with Gasteiger partial charge in [0.2, 0.25) is 5.78 Å². The molecule has 0 aromatic heterocycles. The first-order valence-electron chi connectivity index (χ1n) is 4.70. The molecule has 1 rings (SSSR count). The predicted molar refractivity (Wildman–Crippen MR) is 60.7 cm³/mol. The van der Waals surface area contributed by atoms with Crippen LogP contribution in [0.15, 0.2) is 48.4 Å². The fraction of sp³-hybridized carbons (Fsp3) is 0.250. The highest BCUT2D eigenvalue weighted by molar-refractivity contribution is 6.13. The third-order valence-electron chi connectivity index (χ3n) is 1.67. The van der Waals surface area contributed by atoms with E-state index in [0.717, 1.165) is 5.70 Å². The topological polar surface area (TPSA) is 29.1 Å². The van der Waals surface area contributed by atoms with Crippen molar-refractivity contribution in [3.8, 4) is 0 Å². The second-order valence-electron chi connectivity index (χ2n) is 2.45. The number of allylic oxidation sites excluding steroid dienone is 5. The van der Waals surface area contributed by atoms with E-state index in [1.165, 1.54) is 0 Å². The highest BCUT2D eigenvalue weighted by Crippen LogP contribution is 2.20. The summed E-state index contributed by atoms with van der Waals surface area (Å²) in [5.74, 6) is -0.0365. The number of carbonyl (C=O) groups excluding carboxylic acids is 1. The summed E-state index contributed by atoms with van der Waals surface area (Å²) >= 11 is 0. The molecule has 1 saturated heterocycles. The molecule has 0 amide bonds. The molecule has 14 heavy (non-hydrogen) atoms. The minimum Gasteiger partial charge on any atom is -0.352 e. The number of hydrogen-bond donors (Lipinski definition) is 1. The van der Waals surface area contributed by atoms with Gasteiger partial charge in [-0.05, 0) is 13.0 Å². The number of ketones is 1. The maximum Gasteiger partial charge on any atom is 0.210 e. The SMILES string of the molecule is C=C/C=C1/NC(=C)C(=O)/C1=C/C.CC. The van der Waals surface area contributed by atoms with E-state index in [1.807, 2.05) is 20.8 Å². The molecule has 0 spiro atoms. The summed E-state index contributed by atoms with van der Waals surface area (Å²) in [6.07, 6.45) is 5.16. The lowest BCUT2D eigenvalue weighted by atomic mass is 10.1. The molecular weight excluding hydrogens is 174 g/mol. The van der Waals surface area contributed by atoms with E-state index in [0.29, 0.717) is 11.3 Å². The molecule has 1 aliphatic heterocycles. The lowest BCUT2D eigenvalue weighted by Crippen LogP contribution is -2.02. The summed E-state index contributed by atoms with van der Waals surface area (Å²) in [5, 5.41) is 2.88. The van der Waals surface area contributed by atoms with Crippen molar-refractivity contribution < 1.29 is 4.79 Å². The highest BCUT2D eigenvalue weighted by atomic mass is 16.1.